The summed E-state index contributed by atoms with van der Waals surface area (Å²) in [4.78, 5) is 28.8. The summed E-state index contributed by atoms with van der Waals surface area (Å²) in [5.74, 6) is -0.972. The molecule has 0 radical (unpaired) electrons. The first kappa shape index (κ1) is 31.3. The van der Waals surface area contributed by atoms with Crippen molar-refractivity contribution in [2.75, 3.05) is 5.32 Å². The average molecular weight is 640 g/mol. The van der Waals surface area contributed by atoms with Crippen LogP contribution in [-0.2, 0) is 11.4 Å². The number of hydrogen-bond donors (Lipinski definition) is 2. The number of benzene rings is 4. The number of nitrogens with one attached hydrogen (secondary N) is 1. The van der Waals surface area contributed by atoms with Gasteiger partial charge in [-0.1, -0.05) is 62.9 Å². The van der Waals surface area contributed by atoms with Crippen LogP contribution in [-0.4, -0.2) is 26.5 Å². The van der Waals surface area contributed by atoms with Crippen molar-refractivity contribution in [3.05, 3.63) is 101 Å². The first-order chi connectivity index (χ1) is 22.2. The zero-order chi connectivity index (χ0) is 32.4. The number of anilines is 1. The van der Waals surface area contributed by atoms with E-state index in [1.807, 2.05) is 56.3 Å². The van der Waals surface area contributed by atoms with Crippen LogP contribution in [0, 0.1) is 11.7 Å². The van der Waals surface area contributed by atoms with Gasteiger partial charge in [0.1, 0.15) is 24.0 Å². The number of aromatic nitrogens is 2. The second-order valence-electron chi connectivity index (χ2n) is 12.1. The minimum Gasteiger partial charge on any atom is -0.489 e. The lowest BCUT2D eigenvalue weighted by molar-refractivity contribution is -0.118. The Kier molecular flexibility index (Phi) is 9.08. The van der Waals surface area contributed by atoms with Gasteiger partial charge in [0.25, 0.3) is 0 Å². The topological polar surface area (TPSA) is 93.4 Å². The third-order valence-electron chi connectivity index (χ3n) is 8.50. The zero-order valence-electron chi connectivity index (χ0n) is 25.7. The maximum absolute atomic E-state index is 15.9. The Hall–Kier alpha value is -4.69. The van der Waals surface area contributed by atoms with Gasteiger partial charge >= 0.3 is 5.97 Å². The quantitative estimate of drug-likeness (QED) is 0.167. The van der Waals surface area contributed by atoms with E-state index in [1.54, 1.807) is 30.3 Å². The van der Waals surface area contributed by atoms with Crippen molar-refractivity contribution in [3.8, 4) is 28.3 Å². The molecule has 2 N–H and O–H groups in total. The Bertz CT molecular complexity index is 1910. The van der Waals surface area contributed by atoms with Crippen LogP contribution < -0.4 is 10.1 Å². The normalized spacial score (nSPS) is 13.7. The predicted molar refractivity (Wildman–Crippen MR) is 179 cm³/mol. The van der Waals surface area contributed by atoms with E-state index in [9.17, 15) is 14.7 Å². The highest BCUT2D eigenvalue weighted by Gasteiger charge is 2.25. The van der Waals surface area contributed by atoms with Crippen LogP contribution in [0.5, 0.6) is 5.75 Å². The molecule has 46 heavy (non-hydrogen) atoms. The van der Waals surface area contributed by atoms with Crippen molar-refractivity contribution in [2.45, 2.75) is 58.6 Å². The first-order valence-electron chi connectivity index (χ1n) is 15.6. The molecule has 0 spiro atoms. The fraction of sp³-hybridized carbons (Fsp3) is 0.270. The molecule has 1 aliphatic rings. The van der Waals surface area contributed by atoms with Gasteiger partial charge in [0.05, 0.1) is 22.2 Å². The Balaban J connectivity index is 1.32. The van der Waals surface area contributed by atoms with E-state index in [-0.39, 0.29) is 30.0 Å². The highest BCUT2D eigenvalue weighted by Crippen LogP contribution is 2.38. The molecule has 0 bridgehead atoms. The van der Waals surface area contributed by atoms with Crippen LogP contribution in [0.4, 0.5) is 10.1 Å². The van der Waals surface area contributed by atoms with Gasteiger partial charge in [0, 0.05) is 28.7 Å². The first-order valence-corrected chi connectivity index (χ1v) is 15.9. The summed E-state index contributed by atoms with van der Waals surface area (Å²) in [6.07, 6.45) is 5.22. The maximum atomic E-state index is 15.9. The number of carboxylic acids is 1. The molecule has 7 nitrogen and oxygen atoms in total. The number of carbonyl (C=O) groups excluding carboxylic acids is 1. The maximum Gasteiger partial charge on any atom is 0.335 e. The molecule has 0 unspecified atom stereocenters. The third-order valence-corrected chi connectivity index (χ3v) is 8.76. The number of hydrogen-bond acceptors (Lipinski definition) is 4. The lowest BCUT2D eigenvalue weighted by atomic mass is 9.94. The molecule has 4 aromatic carbocycles. The van der Waals surface area contributed by atoms with Crippen LogP contribution in [0.1, 0.15) is 67.9 Å². The number of halogens is 2. The fourth-order valence-corrected chi connectivity index (χ4v) is 6.17. The summed E-state index contributed by atoms with van der Waals surface area (Å²) in [6.45, 7) is 3.79. The van der Waals surface area contributed by atoms with E-state index in [0.29, 0.717) is 33.4 Å². The highest BCUT2D eigenvalue weighted by atomic mass is 35.5. The summed E-state index contributed by atoms with van der Waals surface area (Å²) < 4.78 is 24.1. The molecule has 5 aromatic rings. The second-order valence-corrected chi connectivity index (χ2v) is 12.5. The van der Waals surface area contributed by atoms with Crippen LogP contribution in [0.25, 0.3) is 33.5 Å². The van der Waals surface area contributed by atoms with Crippen molar-refractivity contribution >= 4 is 40.2 Å². The summed E-state index contributed by atoms with van der Waals surface area (Å²) in [5.41, 5.74) is 5.07. The molecular formula is C37H35ClFN3O4. The Labute approximate surface area is 272 Å². The van der Waals surface area contributed by atoms with E-state index >= 15 is 4.39 Å². The number of rotatable bonds is 9. The van der Waals surface area contributed by atoms with Crippen LogP contribution >= 0.6 is 11.6 Å². The van der Waals surface area contributed by atoms with Crippen molar-refractivity contribution in [3.63, 3.8) is 0 Å². The zero-order valence-corrected chi connectivity index (χ0v) is 26.5. The minimum atomic E-state index is -1.03. The standard InChI is InChI=1S/C37H35ClFN3O4/c1-22(2)36(43)40-27-13-15-30(23-8-11-26(38)12-9-23)25(18-27)21-46-29-14-16-31(32(39)20-29)35-41-33-19-24(37(44)45)10-17-34(33)42(35)28-6-4-3-5-7-28/h8-20,22,28H,3-7,21H2,1-2H3,(H,40,43)(H,44,45). The highest BCUT2D eigenvalue weighted by molar-refractivity contribution is 6.30. The number of ether oxygens (including phenoxy) is 1. The van der Waals surface area contributed by atoms with E-state index in [2.05, 4.69) is 9.88 Å². The molecule has 1 amide bonds. The third kappa shape index (κ3) is 6.63. The number of aromatic carboxylic acids is 1. The SMILES string of the molecule is CC(C)C(=O)Nc1ccc(-c2ccc(Cl)cc2)c(COc2ccc(-c3nc4cc(C(=O)O)ccc4n3C3CCCCC3)c(F)c2)c1. The molecule has 1 saturated carbocycles. The minimum absolute atomic E-state index is 0.0952. The Morgan fingerprint density at radius 1 is 0.978 bits per heavy atom. The summed E-state index contributed by atoms with van der Waals surface area (Å²) in [6, 6.07) is 22.9. The molecule has 0 saturated heterocycles. The Morgan fingerprint density at radius 2 is 1.72 bits per heavy atom. The van der Waals surface area contributed by atoms with E-state index < -0.39 is 11.8 Å². The molecule has 9 heteroatoms. The van der Waals surface area contributed by atoms with Gasteiger partial charge < -0.3 is 19.7 Å². The molecule has 0 atom stereocenters. The predicted octanol–water partition coefficient (Wildman–Crippen LogP) is 9.54. The number of carboxylic acid groups (broad SMARTS) is 1. The number of amides is 1. The molecule has 1 aromatic heterocycles. The second kappa shape index (κ2) is 13.3. The van der Waals surface area contributed by atoms with Crippen LogP contribution in [0.15, 0.2) is 78.9 Å². The lowest BCUT2D eigenvalue weighted by Crippen LogP contribution is -2.17. The van der Waals surface area contributed by atoms with E-state index in [1.165, 1.54) is 6.07 Å². The fourth-order valence-electron chi connectivity index (χ4n) is 6.05. The van der Waals surface area contributed by atoms with E-state index in [4.69, 9.17) is 21.3 Å². The van der Waals surface area contributed by atoms with Crippen LogP contribution in [0.2, 0.25) is 5.02 Å². The van der Waals surface area contributed by atoms with Gasteiger partial charge in [0.15, 0.2) is 0 Å². The number of imidazole rings is 1. The molecule has 6 rings (SSSR count). The number of fused-ring (bicyclic) bond motifs is 1. The van der Waals surface area contributed by atoms with Crippen LogP contribution in [0.3, 0.4) is 0 Å². The lowest BCUT2D eigenvalue weighted by Gasteiger charge is -2.25. The van der Waals surface area contributed by atoms with E-state index in [0.717, 1.165) is 54.3 Å². The molecular weight excluding hydrogens is 605 g/mol. The Morgan fingerprint density at radius 3 is 2.41 bits per heavy atom. The molecule has 0 aliphatic heterocycles. The molecule has 1 fully saturated rings. The van der Waals surface area contributed by atoms with Crippen molar-refractivity contribution in [2.24, 2.45) is 5.92 Å². The summed E-state index contributed by atoms with van der Waals surface area (Å²) in [5, 5.41) is 13.1. The average Bonchev–Trinajstić information content (AvgIpc) is 3.43. The number of carbonyl (C=O) groups is 2. The van der Waals surface area contributed by atoms with Gasteiger partial charge in [-0.15, -0.1) is 0 Å². The summed E-state index contributed by atoms with van der Waals surface area (Å²) >= 11 is 6.12. The smallest absolute Gasteiger partial charge is 0.335 e. The van der Waals surface area contributed by atoms with Gasteiger partial charge in [-0.25, -0.2) is 14.2 Å². The van der Waals surface area contributed by atoms with Gasteiger partial charge in [-0.2, -0.15) is 0 Å². The van der Waals surface area contributed by atoms with Crippen molar-refractivity contribution in [1.82, 2.24) is 9.55 Å². The van der Waals surface area contributed by atoms with Crippen molar-refractivity contribution < 1.29 is 23.8 Å². The van der Waals surface area contributed by atoms with Gasteiger partial charge in [0.2, 0.25) is 5.91 Å². The number of nitrogens with zero attached hydrogens (tertiary/aromatic N) is 2. The van der Waals surface area contributed by atoms with Crippen molar-refractivity contribution in [1.29, 1.82) is 0 Å². The summed E-state index contributed by atoms with van der Waals surface area (Å²) in [7, 11) is 0. The molecule has 236 valence electrons. The largest absolute Gasteiger partial charge is 0.489 e. The van der Waals surface area contributed by atoms with Gasteiger partial charge in [-0.05, 0) is 84.1 Å². The molecule has 1 aliphatic carbocycles. The van der Waals surface area contributed by atoms with Gasteiger partial charge in [-0.3, -0.25) is 4.79 Å². The monoisotopic (exact) mass is 639 g/mol. The molecule has 1 heterocycles.